The van der Waals surface area contributed by atoms with E-state index in [0.29, 0.717) is 6.61 Å². The Morgan fingerprint density at radius 1 is 1.05 bits per heavy atom. The number of aryl methyl sites for hydroxylation is 3. The van der Waals surface area contributed by atoms with Crippen LogP contribution in [0.1, 0.15) is 27.8 Å². The molecule has 0 saturated heterocycles. The van der Waals surface area contributed by atoms with Crippen LogP contribution in [-0.2, 0) is 17.8 Å². The monoisotopic (exact) mass is 284 g/mol. The van der Waals surface area contributed by atoms with Crippen molar-refractivity contribution < 1.29 is 14.6 Å². The molecule has 0 heterocycles. The maximum absolute atomic E-state index is 10.8. The summed E-state index contributed by atoms with van der Waals surface area (Å²) >= 11 is 0. The van der Waals surface area contributed by atoms with Gasteiger partial charge in [0.25, 0.3) is 0 Å². The van der Waals surface area contributed by atoms with E-state index in [9.17, 15) is 4.79 Å². The van der Waals surface area contributed by atoms with Gasteiger partial charge in [0.05, 0.1) is 6.42 Å². The van der Waals surface area contributed by atoms with E-state index >= 15 is 0 Å². The normalized spacial score (nSPS) is 10.4. The molecule has 0 aromatic heterocycles. The molecule has 0 fully saturated rings. The van der Waals surface area contributed by atoms with Gasteiger partial charge in [-0.3, -0.25) is 4.79 Å². The van der Waals surface area contributed by atoms with Gasteiger partial charge in [-0.1, -0.05) is 30.3 Å². The molecule has 1 N–H and O–H groups in total. The Hall–Kier alpha value is -2.29. The van der Waals surface area contributed by atoms with Gasteiger partial charge in [0.2, 0.25) is 0 Å². The highest BCUT2D eigenvalue weighted by molar-refractivity contribution is 5.70. The molecule has 0 unspecified atom stereocenters. The zero-order chi connectivity index (χ0) is 15.4. The molecular weight excluding hydrogens is 264 g/mol. The molecule has 2 aromatic rings. The molecule has 3 nitrogen and oxygen atoms in total. The van der Waals surface area contributed by atoms with Gasteiger partial charge in [0, 0.05) is 0 Å². The predicted molar refractivity (Wildman–Crippen MR) is 82.8 cm³/mol. The van der Waals surface area contributed by atoms with E-state index in [2.05, 4.69) is 26.0 Å². The Morgan fingerprint density at radius 3 is 2.33 bits per heavy atom. The van der Waals surface area contributed by atoms with E-state index < -0.39 is 5.97 Å². The number of rotatable bonds is 5. The van der Waals surface area contributed by atoms with Crippen LogP contribution in [0, 0.1) is 20.8 Å². The van der Waals surface area contributed by atoms with Gasteiger partial charge in [-0.2, -0.15) is 0 Å². The second-order valence-electron chi connectivity index (χ2n) is 5.33. The number of hydrogen-bond acceptors (Lipinski definition) is 2. The first-order valence-electron chi connectivity index (χ1n) is 6.96. The van der Waals surface area contributed by atoms with Crippen molar-refractivity contribution in [1.82, 2.24) is 0 Å². The van der Waals surface area contributed by atoms with Crippen LogP contribution in [0.4, 0.5) is 0 Å². The number of carboxylic acid groups (broad SMARTS) is 1. The first-order chi connectivity index (χ1) is 9.97. The largest absolute Gasteiger partial charge is 0.489 e. The van der Waals surface area contributed by atoms with Crippen LogP contribution in [-0.4, -0.2) is 11.1 Å². The Balaban J connectivity index is 2.18. The van der Waals surface area contributed by atoms with E-state index in [1.165, 1.54) is 16.7 Å². The lowest BCUT2D eigenvalue weighted by molar-refractivity contribution is -0.136. The second-order valence-corrected chi connectivity index (χ2v) is 5.33. The molecule has 2 rings (SSSR count). The van der Waals surface area contributed by atoms with E-state index in [0.717, 1.165) is 16.9 Å². The highest BCUT2D eigenvalue weighted by Gasteiger charge is 2.07. The fourth-order valence-corrected chi connectivity index (χ4v) is 2.31. The van der Waals surface area contributed by atoms with Crippen molar-refractivity contribution in [1.29, 1.82) is 0 Å². The zero-order valence-corrected chi connectivity index (χ0v) is 12.6. The van der Waals surface area contributed by atoms with Crippen molar-refractivity contribution in [2.45, 2.75) is 33.8 Å². The molecule has 0 aliphatic rings. The number of carbonyl (C=O) groups is 1. The van der Waals surface area contributed by atoms with Crippen LogP contribution in [0.3, 0.4) is 0 Å². The summed E-state index contributed by atoms with van der Waals surface area (Å²) < 4.78 is 5.91. The van der Waals surface area contributed by atoms with Gasteiger partial charge in [0.15, 0.2) is 0 Å². The van der Waals surface area contributed by atoms with E-state index in [1.807, 2.05) is 31.2 Å². The number of hydrogen-bond donors (Lipinski definition) is 1. The Bertz CT molecular complexity index is 639. The minimum atomic E-state index is -0.834. The molecule has 2 aromatic carbocycles. The maximum Gasteiger partial charge on any atom is 0.307 e. The fraction of sp³-hybridized carbons (Fsp3) is 0.278. The number of ether oxygens (including phenoxy) is 1. The second kappa shape index (κ2) is 6.44. The van der Waals surface area contributed by atoms with Gasteiger partial charge < -0.3 is 9.84 Å². The summed E-state index contributed by atoms with van der Waals surface area (Å²) in [4.78, 5) is 10.8. The summed E-state index contributed by atoms with van der Waals surface area (Å²) in [5, 5.41) is 8.87. The lowest BCUT2D eigenvalue weighted by atomic mass is 10.0. The minimum absolute atomic E-state index is 0.0139. The van der Waals surface area contributed by atoms with Gasteiger partial charge in [-0.25, -0.2) is 0 Å². The van der Waals surface area contributed by atoms with Crippen molar-refractivity contribution in [3.63, 3.8) is 0 Å². The summed E-state index contributed by atoms with van der Waals surface area (Å²) in [7, 11) is 0. The fourth-order valence-electron chi connectivity index (χ4n) is 2.31. The summed E-state index contributed by atoms with van der Waals surface area (Å²) in [6, 6.07) is 11.7. The van der Waals surface area contributed by atoms with Crippen LogP contribution in [0.25, 0.3) is 0 Å². The molecular formula is C18H20O3. The third-order valence-corrected chi connectivity index (χ3v) is 3.62. The summed E-state index contributed by atoms with van der Waals surface area (Å²) in [5.41, 5.74) is 5.35. The van der Waals surface area contributed by atoms with Crippen molar-refractivity contribution in [2.75, 3.05) is 0 Å². The number of carboxylic acids is 1. The van der Waals surface area contributed by atoms with Gasteiger partial charge in [0.1, 0.15) is 12.4 Å². The lowest BCUT2D eigenvalue weighted by Crippen LogP contribution is -2.04. The molecule has 0 atom stereocenters. The quantitative estimate of drug-likeness (QED) is 0.908. The van der Waals surface area contributed by atoms with Crippen molar-refractivity contribution in [3.05, 3.63) is 64.2 Å². The smallest absolute Gasteiger partial charge is 0.307 e. The first-order valence-corrected chi connectivity index (χ1v) is 6.96. The third kappa shape index (κ3) is 3.85. The maximum atomic E-state index is 10.8. The van der Waals surface area contributed by atoms with Crippen molar-refractivity contribution in [2.24, 2.45) is 0 Å². The standard InChI is InChI=1S/C18H20O3/c1-12-5-4-6-13(2)16(12)11-21-17-9-15(10-18(19)20)8-7-14(17)3/h4-9H,10-11H2,1-3H3,(H,19,20). The Kier molecular flexibility index (Phi) is 4.63. The van der Waals surface area contributed by atoms with Crippen LogP contribution in [0.15, 0.2) is 36.4 Å². The van der Waals surface area contributed by atoms with Gasteiger partial charge >= 0.3 is 5.97 Å². The molecule has 21 heavy (non-hydrogen) atoms. The van der Waals surface area contributed by atoms with E-state index in [-0.39, 0.29) is 6.42 Å². The van der Waals surface area contributed by atoms with Crippen LogP contribution < -0.4 is 4.74 Å². The molecule has 0 aliphatic carbocycles. The Labute approximate surface area is 125 Å². The molecule has 0 saturated carbocycles. The number of aliphatic carboxylic acids is 1. The summed E-state index contributed by atoms with van der Waals surface area (Å²) in [6.07, 6.45) is 0.0139. The predicted octanol–water partition coefficient (Wildman–Crippen LogP) is 3.82. The zero-order valence-electron chi connectivity index (χ0n) is 12.6. The molecule has 0 radical (unpaired) electrons. The van der Waals surface area contributed by atoms with E-state index in [4.69, 9.17) is 9.84 Å². The third-order valence-electron chi connectivity index (χ3n) is 3.62. The van der Waals surface area contributed by atoms with Crippen molar-refractivity contribution >= 4 is 5.97 Å². The molecule has 110 valence electrons. The lowest BCUT2D eigenvalue weighted by Gasteiger charge is -2.14. The Morgan fingerprint density at radius 2 is 1.71 bits per heavy atom. The molecule has 0 spiro atoms. The highest BCUT2D eigenvalue weighted by atomic mass is 16.5. The summed E-state index contributed by atoms with van der Waals surface area (Å²) in [6.45, 7) is 6.60. The minimum Gasteiger partial charge on any atom is -0.489 e. The molecule has 0 bridgehead atoms. The average Bonchev–Trinajstić information content (AvgIpc) is 2.41. The highest BCUT2D eigenvalue weighted by Crippen LogP contribution is 2.23. The number of benzene rings is 2. The van der Waals surface area contributed by atoms with Crippen LogP contribution in [0.5, 0.6) is 5.75 Å². The van der Waals surface area contributed by atoms with Gasteiger partial charge in [-0.15, -0.1) is 0 Å². The van der Waals surface area contributed by atoms with E-state index in [1.54, 1.807) is 0 Å². The van der Waals surface area contributed by atoms with Gasteiger partial charge in [-0.05, 0) is 54.7 Å². The SMILES string of the molecule is Cc1ccc(CC(=O)O)cc1OCc1c(C)cccc1C. The first kappa shape index (κ1) is 15.1. The molecule has 0 aliphatic heterocycles. The van der Waals surface area contributed by atoms with Crippen LogP contribution in [0.2, 0.25) is 0 Å². The van der Waals surface area contributed by atoms with Crippen LogP contribution >= 0.6 is 0 Å². The van der Waals surface area contributed by atoms with Crippen molar-refractivity contribution in [3.8, 4) is 5.75 Å². The summed E-state index contributed by atoms with van der Waals surface area (Å²) in [5.74, 6) is -0.0871. The topological polar surface area (TPSA) is 46.5 Å². The molecule has 3 heteroatoms. The average molecular weight is 284 g/mol. The molecule has 0 amide bonds.